The fourth-order valence-corrected chi connectivity index (χ4v) is 2.34. The first-order valence-corrected chi connectivity index (χ1v) is 6.00. The molecule has 0 unspecified atom stereocenters. The molecular formula is C12H13N3OS. The molecule has 0 aromatic carbocycles. The molecule has 17 heavy (non-hydrogen) atoms. The molecule has 0 saturated carbocycles. The van der Waals surface area contributed by atoms with Gasteiger partial charge in [0, 0.05) is 36.9 Å². The van der Waals surface area contributed by atoms with E-state index >= 15 is 0 Å². The lowest BCUT2D eigenvalue weighted by atomic mass is 10.3. The predicted molar refractivity (Wildman–Crippen MR) is 68.1 cm³/mol. The van der Waals surface area contributed by atoms with Crippen molar-refractivity contribution >= 4 is 17.2 Å². The number of thiazole rings is 1. The normalized spacial score (nSPS) is 10.3. The quantitative estimate of drug-likeness (QED) is 0.817. The van der Waals surface area contributed by atoms with Gasteiger partial charge in [-0.05, 0) is 19.1 Å². The maximum Gasteiger partial charge on any atom is 0.273 e. The summed E-state index contributed by atoms with van der Waals surface area (Å²) in [7, 11) is 3.46. The lowest BCUT2D eigenvalue weighted by Gasteiger charge is -2.07. The molecule has 0 atom stereocenters. The van der Waals surface area contributed by atoms with Crippen LogP contribution in [0.5, 0.6) is 0 Å². The van der Waals surface area contributed by atoms with Crippen LogP contribution in [0.2, 0.25) is 0 Å². The second-order valence-electron chi connectivity index (χ2n) is 3.86. The summed E-state index contributed by atoms with van der Waals surface area (Å²) < 4.78 is 0. The Hall–Kier alpha value is -1.75. The molecule has 0 aliphatic rings. The first kappa shape index (κ1) is 11.7. The van der Waals surface area contributed by atoms with Gasteiger partial charge in [-0.15, -0.1) is 11.3 Å². The molecular weight excluding hydrogens is 234 g/mol. The van der Waals surface area contributed by atoms with Gasteiger partial charge >= 0.3 is 0 Å². The highest BCUT2D eigenvalue weighted by Gasteiger charge is 2.17. The Balaban J connectivity index is 2.41. The molecule has 5 heteroatoms. The van der Waals surface area contributed by atoms with Crippen LogP contribution in [0.4, 0.5) is 0 Å². The minimum Gasteiger partial charge on any atom is -0.343 e. The number of carbonyl (C=O) groups excluding carboxylic acids is 1. The summed E-state index contributed by atoms with van der Waals surface area (Å²) in [4.78, 5) is 22.7. The van der Waals surface area contributed by atoms with E-state index in [2.05, 4.69) is 9.97 Å². The average Bonchev–Trinajstić information content (AvgIpc) is 2.71. The number of rotatable bonds is 2. The lowest BCUT2D eigenvalue weighted by Crippen LogP contribution is -2.22. The molecule has 2 aromatic rings. The van der Waals surface area contributed by atoms with E-state index in [1.807, 2.05) is 19.1 Å². The topological polar surface area (TPSA) is 46.1 Å². The van der Waals surface area contributed by atoms with Crippen molar-refractivity contribution in [1.29, 1.82) is 0 Å². The van der Waals surface area contributed by atoms with Crippen molar-refractivity contribution in [3.63, 3.8) is 0 Å². The highest BCUT2D eigenvalue weighted by molar-refractivity contribution is 7.15. The third-order valence-electron chi connectivity index (χ3n) is 2.33. The molecule has 0 N–H and O–H groups in total. The zero-order valence-corrected chi connectivity index (χ0v) is 10.8. The van der Waals surface area contributed by atoms with E-state index < -0.39 is 0 Å². The summed E-state index contributed by atoms with van der Waals surface area (Å²) in [6, 6.07) is 3.78. The van der Waals surface area contributed by atoms with Gasteiger partial charge in [0.2, 0.25) is 0 Å². The molecule has 0 saturated heterocycles. The number of carbonyl (C=O) groups is 1. The summed E-state index contributed by atoms with van der Waals surface area (Å²) in [5, 5.41) is 0.857. The molecule has 1 amide bonds. The molecule has 0 aliphatic carbocycles. The number of hydrogen-bond acceptors (Lipinski definition) is 4. The van der Waals surface area contributed by atoms with Crippen molar-refractivity contribution in [2.24, 2.45) is 0 Å². The number of aryl methyl sites for hydroxylation is 1. The van der Waals surface area contributed by atoms with E-state index in [-0.39, 0.29) is 5.91 Å². The number of hydrogen-bond donors (Lipinski definition) is 0. The van der Waals surface area contributed by atoms with Crippen LogP contribution in [0.1, 0.15) is 15.4 Å². The van der Waals surface area contributed by atoms with E-state index in [4.69, 9.17) is 0 Å². The van der Waals surface area contributed by atoms with E-state index in [1.54, 1.807) is 31.4 Å². The smallest absolute Gasteiger partial charge is 0.273 e. The average molecular weight is 247 g/mol. The zero-order valence-electron chi connectivity index (χ0n) is 9.97. The Morgan fingerprint density at radius 2 is 1.94 bits per heavy atom. The minimum atomic E-state index is -0.0564. The lowest BCUT2D eigenvalue weighted by molar-refractivity contribution is 0.0822. The van der Waals surface area contributed by atoms with Crippen molar-refractivity contribution in [2.75, 3.05) is 14.1 Å². The van der Waals surface area contributed by atoms with Crippen LogP contribution in [0.25, 0.3) is 10.6 Å². The standard InChI is InChI=1S/C12H13N3OS/c1-8-10(12(16)15(2)3)14-11(17-8)9-4-6-13-7-5-9/h4-7H,1-3H3. The molecule has 88 valence electrons. The van der Waals surface area contributed by atoms with Crippen LogP contribution in [0, 0.1) is 6.92 Å². The van der Waals surface area contributed by atoms with Crippen molar-refractivity contribution in [1.82, 2.24) is 14.9 Å². The maximum atomic E-state index is 11.9. The van der Waals surface area contributed by atoms with Gasteiger partial charge in [0.05, 0.1) is 0 Å². The Kier molecular flexibility index (Phi) is 3.19. The maximum absolute atomic E-state index is 11.9. The van der Waals surface area contributed by atoms with Gasteiger partial charge in [-0.3, -0.25) is 9.78 Å². The van der Waals surface area contributed by atoms with Crippen LogP contribution in [0.15, 0.2) is 24.5 Å². The van der Waals surface area contributed by atoms with Crippen LogP contribution >= 0.6 is 11.3 Å². The molecule has 2 aromatic heterocycles. The number of amides is 1. The molecule has 0 bridgehead atoms. The van der Waals surface area contributed by atoms with Gasteiger partial charge in [-0.2, -0.15) is 0 Å². The third-order valence-corrected chi connectivity index (χ3v) is 3.35. The van der Waals surface area contributed by atoms with Crippen LogP contribution < -0.4 is 0 Å². The summed E-state index contributed by atoms with van der Waals surface area (Å²) in [6.07, 6.45) is 3.44. The Morgan fingerprint density at radius 1 is 1.29 bits per heavy atom. The molecule has 0 aliphatic heterocycles. The summed E-state index contributed by atoms with van der Waals surface area (Å²) in [5.41, 5.74) is 1.53. The van der Waals surface area contributed by atoms with Crippen molar-refractivity contribution in [3.05, 3.63) is 35.1 Å². The van der Waals surface area contributed by atoms with Gasteiger partial charge in [0.1, 0.15) is 10.7 Å². The molecule has 2 heterocycles. The molecule has 0 fully saturated rings. The molecule has 2 rings (SSSR count). The van der Waals surface area contributed by atoms with E-state index in [1.165, 1.54) is 11.3 Å². The number of aromatic nitrogens is 2. The predicted octanol–water partition coefficient (Wildman–Crippen LogP) is 2.22. The summed E-state index contributed by atoms with van der Waals surface area (Å²) in [5.74, 6) is -0.0564. The van der Waals surface area contributed by atoms with Gasteiger partial charge in [0.15, 0.2) is 0 Å². The Morgan fingerprint density at radius 3 is 2.53 bits per heavy atom. The van der Waals surface area contributed by atoms with Crippen molar-refractivity contribution in [2.45, 2.75) is 6.92 Å². The van der Waals surface area contributed by atoms with Crippen molar-refractivity contribution < 1.29 is 4.79 Å². The Labute approximate surface area is 104 Å². The molecule has 0 radical (unpaired) electrons. The SMILES string of the molecule is Cc1sc(-c2ccncc2)nc1C(=O)N(C)C. The summed E-state index contributed by atoms with van der Waals surface area (Å²) in [6.45, 7) is 1.92. The third kappa shape index (κ3) is 2.34. The largest absolute Gasteiger partial charge is 0.343 e. The summed E-state index contributed by atoms with van der Waals surface area (Å²) >= 11 is 1.53. The zero-order chi connectivity index (χ0) is 12.4. The Bertz CT molecular complexity index is 534. The second kappa shape index (κ2) is 4.63. The first-order chi connectivity index (χ1) is 8.09. The van der Waals surface area contributed by atoms with Gasteiger partial charge < -0.3 is 4.90 Å². The van der Waals surface area contributed by atoms with Crippen molar-refractivity contribution in [3.8, 4) is 10.6 Å². The van der Waals surface area contributed by atoms with E-state index in [0.717, 1.165) is 15.4 Å². The van der Waals surface area contributed by atoms with Crippen LogP contribution in [-0.2, 0) is 0 Å². The monoisotopic (exact) mass is 247 g/mol. The molecule has 0 spiro atoms. The van der Waals surface area contributed by atoms with Gasteiger partial charge in [-0.25, -0.2) is 4.98 Å². The highest BCUT2D eigenvalue weighted by atomic mass is 32.1. The highest BCUT2D eigenvalue weighted by Crippen LogP contribution is 2.27. The minimum absolute atomic E-state index is 0.0564. The van der Waals surface area contributed by atoms with E-state index in [9.17, 15) is 4.79 Å². The fraction of sp³-hybridized carbons (Fsp3) is 0.250. The van der Waals surface area contributed by atoms with Gasteiger partial charge in [0.25, 0.3) is 5.91 Å². The van der Waals surface area contributed by atoms with Crippen LogP contribution in [-0.4, -0.2) is 34.9 Å². The fourth-order valence-electron chi connectivity index (χ4n) is 1.42. The molecule has 4 nitrogen and oxygen atoms in total. The van der Waals surface area contributed by atoms with Gasteiger partial charge in [-0.1, -0.05) is 0 Å². The van der Waals surface area contributed by atoms with Crippen LogP contribution in [0.3, 0.4) is 0 Å². The number of pyridine rings is 1. The first-order valence-electron chi connectivity index (χ1n) is 5.19. The van der Waals surface area contributed by atoms with E-state index in [0.29, 0.717) is 5.69 Å². The second-order valence-corrected chi connectivity index (χ2v) is 5.06. The number of nitrogens with zero attached hydrogens (tertiary/aromatic N) is 3.